The third-order valence-electron chi connectivity index (χ3n) is 2.73. The average Bonchev–Trinajstić information content (AvgIpc) is 2.83. The summed E-state index contributed by atoms with van der Waals surface area (Å²) in [5.74, 6) is 0.490. The van der Waals surface area contributed by atoms with Crippen LogP contribution in [-0.2, 0) is 7.05 Å². The lowest BCUT2D eigenvalue weighted by atomic mass is 10.2. The van der Waals surface area contributed by atoms with E-state index in [1.54, 1.807) is 23.7 Å². The van der Waals surface area contributed by atoms with E-state index in [9.17, 15) is 15.2 Å². The molecule has 0 aliphatic carbocycles. The lowest BCUT2D eigenvalue weighted by Crippen LogP contribution is -2.19. The van der Waals surface area contributed by atoms with Crippen molar-refractivity contribution >= 4 is 27.3 Å². The van der Waals surface area contributed by atoms with Crippen LogP contribution in [0, 0.1) is 10.1 Å². The van der Waals surface area contributed by atoms with E-state index >= 15 is 0 Å². The number of hydrogen-bond donors (Lipinski definition) is 2. The molecule has 20 heavy (non-hydrogen) atoms. The van der Waals surface area contributed by atoms with E-state index in [1.807, 2.05) is 0 Å². The fourth-order valence-electron chi connectivity index (χ4n) is 1.77. The Balaban J connectivity index is 2.33. The molecule has 0 aliphatic heterocycles. The molecule has 0 bridgehead atoms. The maximum Gasteiger partial charge on any atom is 0.293 e. The highest BCUT2D eigenvalue weighted by Crippen LogP contribution is 2.30. The molecule has 0 radical (unpaired) electrons. The fourth-order valence-corrected chi connectivity index (χ4v) is 2.11. The molecular weight excluding hydrogens is 330 g/mol. The number of hydrogen-bond acceptors (Lipinski definition) is 6. The summed E-state index contributed by atoms with van der Waals surface area (Å²) in [6.45, 7) is -0.264. The van der Waals surface area contributed by atoms with Crippen LogP contribution >= 0.6 is 15.9 Å². The predicted molar refractivity (Wildman–Crippen MR) is 75.2 cm³/mol. The summed E-state index contributed by atoms with van der Waals surface area (Å²) < 4.78 is 2.24. The van der Waals surface area contributed by atoms with Crippen LogP contribution in [0.2, 0.25) is 0 Å². The quantitative estimate of drug-likeness (QED) is 0.632. The minimum Gasteiger partial charge on any atom is -0.394 e. The maximum absolute atomic E-state index is 11.0. The van der Waals surface area contributed by atoms with Crippen LogP contribution in [0.3, 0.4) is 0 Å². The van der Waals surface area contributed by atoms with E-state index in [-0.39, 0.29) is 12.3 Å². The number of nitrogens with one attached hydrogen (secondary N) is 1. The maximum atomic E-state index is 11.0. The Hall–Kier alpha value is -2.00. The van der Waals surface area contributed by atoms with Crippen molar-refractivity contribution in [1.29, 1.82) is 0 Å². The first kappa shape index (κ1) is 14.4. The average molecular weight is 342 g/mol. The van der Waals surface area contributed by atoms with Gasteiger partial charge < -0.3 is 15.0 Å². The number of aliphatic hydroxyl groups is 1. The fraction of sp³-hybridized carbons (Fsp3) is 0.273. The van der Waals surface area contributed by atoms with E-state index in [0.717, 1.165) is 0 Å². The highest BCUT2D eigenvalue weighted by Gasteiger charge is 2.21. The molecule has 1 heterocycles. The summed E-state index contributed by atoms with van der Waals surface area (Å²) in [4.78, 5) is 10.6. The molecule has 0 saturated carbocycles. The van der Waals surface area contributed by atoms with Gasteiger partial charge >= 0.3 is 0 Å². The Kier molecular flexibility index (Phi) is 4.30. The van der Waals surface area contributed by atoms with Crippen molar-refractivity contribution in [3.8, 4) is 0 Å². The van der Waals surface area contributed by atoms with Crippen LogP contribution < -0.4 is 5.32 Å². The zero-order valence-electron chi connectivity index (χ0n) is 10.5. The molecule has 0 amide bonds. The monoisotopic (exact) mass is 341 g/mol. The van der Waals surface area contributed by atoms with Crippen LogP contribution in [0.25, 0.3) is 0 Å². The Bertz CT molecular complexity index is 630. The normalized spacial score (nSPS) is 12.2. The number of nitro groups is 1. The van der Waals surface area contributed by atoms with Crippen molar-refractivity contribution in [2.24, 2.45) is 7.05 Å². The van der Waals surface area contributed by atoms with Crippen molar-refractivity contribution in [3.05, 3.63) is 44.9 Å². The van der Waals surface area contributed by atoms with Crippen LogP contribution in [0.4, 0.5) is 11.4 Å². The van der Waals surface area contributed by atoms with Crippen molar-refractivity contribution in [2.75, 3.05) is 11.9 Å². The van der Waals surface area contributed by atoms with E-state index < -0.39 is 11.0 Å². The number of benzene rings is 1. The van der Waals surface area contributed by atoms with Crippen molar-refractivity contribution in [3.63, 3.8) is 0 Å². The number of nitro benzene ring substituents is 1. The third-order valence-corrected chi connectivity index (χ3v) is 3.22. The molecule has 0 spiro atoms. The second-order valence-electron chi connectivity index (χ2n) is 4.10. The highest BCUT2D eigenvalue weighted by molar-refractivity contribution is 9.10. The zero-order chi connectivity index (χ0) is 14.7. The number of aromatic nitrogens is 3. The zero-order valence-corrected chi connectivity index (χ0v) is 12.1. The van der Waals surface area contributed by atoms with Gasteiger partial charge in [0.1, 0.15) is 18.1 Å². The van der Waals surface area contributed by atoms with Gasteiger partial charge in [0.05, 0.1) is 11.5 Å². The molecule has 1 atom stereocenters. The summed E-state index contributed by atoms with van der Waals surface area (Å²) in [6, 6.07) is 4.07. The van der Waals surface area contributed by atoms with Gasteiger partial charge in [-0.05, 0) is 12.1 Å². The molecule has 2 aromatic rings. The summed E-state index contributed by atoms with van der Waals surface area (Å²) in [5, 5.41) is 31.0. The van der Waals surface area contributed by atoms with Crippen LogP contribution in [0.15, 0.2) is 29.0 Å². The number of nitrogens with zero attached hydrogens (tertiary/aromatic N) is 4. The third kappa shape index (κ3) is 2.94. The highest BCUT2D eigenvalue weighted by atomic mass is 79.9. The van der Waals surface area contributed by atoms with Gasteiger partial charge in [-0.1, -0.05) is 15.9 Å². The lowest BCUT2D eigenvalue weighted by molar-refractivity contribution is -0.384. The Morgan fingerprint density at radius 1 is 1.60 bits per heavy atom. The van der Waals surface area contributed by atoms with E-state index in [0.29, 0.717) is 16.0 Å². The van der Waals surface area contributed by atoms with Crippen molar-refractivity contribution < 1.29 is 10.0 Å². The van der Waals surface area contributed by atoms with Gasteiger partial charge in [0.2, 0.25) is 0 Å². The summed E-state index contributed by atoms with van der Waals surface area (Å²) >= 11 is 3.19. The number of aliphatic hydroxyl groups excluding tert-OH is 1. The summed E-state index contributed by atoms with van der Waals surface area (Å²) in [7, 11) is 1.73. The summed E-state index contributed by atoms with van der Waals surface area (Å²) in [6.07, 6.45) is 1.50. The second-order valence-corrected chi connectivity index (χ2v) is 5.01. The molecule has 0 aliphatic rings. The number of rotatable bonds is 5. The molecule has 0 unspecified atom stereocenters. The van der Waals surface area contributed by atoms with Gasteiger partial charge in [0.15, 0.2) is 5.82 Å². The Morgan fingerprint density at radius 3 is 2.90 bits per heavy atom. The Labute approximate surface area is 122 Å². The molecular formula is C11H12BrN5O3. The standard InChI is InChI=1S/C11H12BrN5O3/c1-16-6-13-15-11(16)9(5-18)14-8-3-2-7(12)4-10(8)17(19)20/h2-4,6,9,14,18H,5H2,1H3/t9-/m1/s1. The molecule has 1 aromatic heterocycles. The van der Waals surface area contributed by atoms with Gasteiger partial charge in [-0.15, -0.1) is 10.2 Å². The number of anilines is 1. The molecule has 0 fully saturated rings. The Morgan fingerprint density at radius 2 is 2.35 bits per heavy atom. The van der Waals surface area contributed by atoms with E-state index in [1.165, 1.54) is 12.4 Å². The van der Waals surface area contributed by atoms with Gasteiger partial charge in [0.25, 0.3) is 5.69 Å². The molecule has 2 rings (SSSR count). The first-order valence-electron chi connectivity index (χ1n) is 5.68. The molecule has 8 nitrogen and oxygen atoms in total. The lowest BCUT2D eigenvalue weighted by Gasteiger charge is -2.16. The van der Waals surface area contributed by atoms with E-state index in [4.69, 9.17) is 0 Å². The SMILES string of the molecule is Cn1cnnc1[C@@H](CO)Nc1ccc(Br)cc1[N+](=O)[O-]. The second kappa shape index (κ2) is 5.97. The van der Waals surface area contributed by atoms with Gasteiger partial charge in [-0.2, -0.15) is 0 Å². The first-order chi connectivity index (χ1) is 9.52. The topological polar surface area (TPSA) is 106 Å². The molecule has 1 aromatic carbocycles. The first-order valence-corrected chi connectivity index (χ1v) is 6.47. The molecule has 2 N–H and O–H groups in total. The molecule has 0 saturated heterocycles. The van der Waals surface area contributed by atoms with Crippen LogP contribution in [0.1, 0.15) is 11.9 Å². The largest absolute Gasteiger partial charge is 0.394 e. The van der Waals surface area contributed by atoms with Crippen LogP contribution in [-0.4, -0.2) is 31.4 Å². The number of aryl methyl sites for hydroxylation is 1. The number of halogens is 1. The van der Waals surface area contributed by atoms with Gasteiger partial charge in [-0.25, -0.2) is 0 Å². The molecule has 9 heteroatoms. The van der Waals surface area contributed by atoms with E-state index in [2.05, 4.69) is 31.4 Å². The smallest absolute Gasteiger partial charge is 0.293 e. The molecule has 106 valence electrons. The summed E-state index contributed by atoms with van der Waals surface area (Å²) in [5.41, 5.74) is 0.222. The minimum atomic E-state index is -0.581. The van der Waals surface area contributed by atoms with Gasteiger partial charge in [0, 0.05) is 17.6 Å². The van der Waals surface area contributed by atoms with Crippen molar-refractivity contribution in [1.82, 2.24) is 14.8 Å². The predicted octanol–water partition coefficient (Wildman–Crippen LogP) is 1.63. The van der Waals surface area contributed by atoms with Crippen LogP contribution in [0.5, 0.6) is 0 Å². The van der Waals surface area contributed by atoms with Gasteiger partial charge in [-0.3, -0.25) is 10.1 Å². The van der Waals surface area contributed by atoms with Crippen molar-refractivity contribution in [2.45, 2.75) is 6.04 Å². The minimum absolute atomic E-state index is 0.0833.